The van der Waals surface area contributed by atoms with Crippen LogP contribution in [0.5, 0.6) is 0 Å². The summed E-state index contributed by atoms with van der Waals surface area (Å²) < 4.78 is 27.5. The molecule has 1 aliphatic heterocycles. The van der Waals surface area contributed by atoms with Crippen LogP contribution in [0, 0.1) is 5.92 Å². The summed E-state index contributed by atoms with van der Waals surface area (Å²) >= 11 is 0. The van der Waals surface area contributed by atoms with Gasteiger partial charge in [-0.3, -0.25) is 9.52 Å². The summed E-state index contributed by atoms with van der Waals surface area (Å²) in [6.07, 6.45) is 0. The Morgan fingerprint density at radius 1 is 1.00 bits per heavy atom. The van der Waals surface area contributed by atoms with Gasteiger partial charge >= 0.3 is 5.97 Å². The zero-order valence-corrected chi connectivity index (χ0v) is 19.7. The molecular formula is C26H26N2O5S. The molecule has 4 rings (SSSR count). The van der Waals surface area contributed by atoms with Crippen LogP contribution < -0.4 is 4.72 Å². The van der Waals surface area contributed by atoms with E-state index in [0.29, 0.717) is 16.8 Å². The van der Waals surface area contributed by atoms with Crippen LogP contribution in [0.1, 0.15) is 35.3 Å². The predicted molar refractivity (Wildman–Crippen MR) is 131 cm³/mol. The van der Waals surface area contributed by atoms with E-state index >= 15 is 0 Å². The molecule has 3 aromatic rings. The van der Waals surface area contributed by atoms with Crippen molar-refractivity contribution in [1.82, 2.24) is 4.90 Å². The van der Waals surface area contributed by atoms with Crippen molar-refractivity contribution in [2.75, 3.05) is 4.72 Å². The number of nitrogens with zero attached hydrogens (tertiary/aromatic N) is 1. The quantitative estimate of drug-likeness (QED) is 0.501. The van der Waals surface area contributed by atoms with Gasteiger partial charge < -0.3 is 10.0 Å². The van der Waals surface area contributed by atoms with Gasteiger partial charge in [-0.15, -0.1) is 0 Å². The number of carbonyl (C=O) groups excluding carboxylic acids is 1. The Hall–Kier alpha value is -3.65. The standard InChI is InChI=1S/C26H26N2O5S/c1-17(2)24(26(30)31)28-15-21-9-8-20(14-23(21)25(28)29)19-10-12-22(13-11-19)27-34(32,33)16-18-6-4-3-5-7-18/h3-14,17,24,27H,15-16H2,1-2H3,(H,30,31)/t24-/m0/s1. The predicted octanol–water partition coefficient (Wildman–Crippen LogP) is 4.36. The molecule has 0 saturated carbocycles. The first-order valence-corrected chi connectivity index (χ1v) is 12.6. The van der Waals surface area contributed by atoms with Crippen LogP contribution in [0.25, 0.3) is 11.1 Å². The number of rotatable bonds is 8. The van der Waals surface area contributed by atoms with Crippen molar-refractivity contribution < 1.29 is 23.1 Å². The SMILES string of the molecule is CC(C)[C@@H](C(=O)O)N1Cc2ccc(-c3ccc(NS(=O)(=O)Cc4ccccc4)cc3)cc2C1=O. The molecule has 0 saturated heterocycles. The highest BCUT2D eigenvalue weighted by molar-refractivity contribution is 7.91. The number of aliphatic carboxylic acids is 1. The molecule has 0 radical (unpaired) electrons. The molecule has 0 aromatic heterocycles. The van der Waals surface area contributed by atoms with Crippen LogP contribution in [0.4, 0.5) is 5.69 Å². The van der Waals surface area contributed by atoms with E-state index in [0.717, 1.165) is 16.7 Å². The van der Waals surface area contributed by atoms with Gasteiger partial charge in [-0.1, -0.05) is 68.4 Å². The zero-order chi connectivity index (χ0) is 24.5. The Morgan fingerprint density at radius 3 is 2.26 bits per heavy atom. The van der Waals surface area contributed by atoms with Crippen LogP contribution in [0.3, 0.4) is 0 Å². The number of nitrogens with one attached hydrogen (secondary N) is 1. The molecule has 0 aliphatic carbocycles. The third kappa shape index (κ3) is 4.97. The first-order chi connectivity index (χ1) is 16.1. The Balaban J connectivity index is 1.51. The van der Waals surface area contributed by atoms with Gasteiger partial charge in [-0.25, -0.2) is 13.2 Å². The van der Waals surface area contributed by atoms with Crippen molar-refractivity contribution in [2.24, 2.45) is 5.92 Å². The maximum Gasteiger partial charge on any atom is 0.326 e. The van der Waals surface area contributed by atoms with Crippen molar-refractivity contribution in [3.63, 3.8) is 0 Å². The average molecular weight is 479 g/mol. The lowest BCUT2D eigenvalue weighted by Gasteiger charge is -2.27. The van der Waals surface area contributed by atoms with E-state index in [4.69, 9.17) is 0 Å². The summed E-state index contributed by atoms with van der Waals surface area (Å²) in [4.78, 5) is 26.1. The highest BCUT2D eigenvalue weighted by Crippen LogP contribution is 2.31. The number of carboxylic acid groups (broad SMARTS) is 1. The van der Waals surface area contributed by atoms with Gasteiger partial charge in [0.1, 0.15) is 6.04 Å². The molecule has 0 unspecified atom stereocenters. The van der Waals surface area contributed by atoms with Crippen LogP contribution in [0.15, 0.2) is 72.8 Å². The van der Waals surface area contributed by atoms with Gasteiger partial charge in [-0.2, -0.15) is 0 Å². The van der Waals surface area contributed by atoms with Gasteiger partial charge in [0.05, 0.1) is 5.75 Å². The molecule has 1 heterocycles. The topological polar surface area (TPSA) is 104 Å². The third-order valence-electron chi connectivity index (χ3n) is 5.85. The van der Waals surface area contributed by atoms with Crippen molar-refractivity contribution in [3.8, 4) is 11.1 Å². The molecule has 1 aliphatic rings. The molecule has 0 spiro atoms. The van der Waals surface area contributed by atoms with Gasteiger partial charge in [0, 0.05) is 17.8 Å². The van der Waals surface area contributed by atoms with E-state index in [-0.39, 0.29) is 24.1 Å². The van der Waals surface area contributed by atoms with E-state index < -0.39 is 22.0 Å². The summed E-state index contributed by atoms with van der Waals surface area (Å²) in [7, 11) is -3.56. The zero-order valence-electron chi connectivity index (χ0n) is 18.9. The van der Waals surface area contributed by atoms with E-state index in [2.05, 4.69) is 4.72 Å². The largest absolute Gasteiger partial charge is 0.480 e. The Bertz CT molecular complexity index is 1320. The molecule has 34 heavy (non-hydrogen) atoms. The molecule has 7 nitrogen and oxygen atoms in total. The van der Waals surface area contributed by atoms with E-state index in [9.17, 15) is 23.1 Å². The highest BCUT2D eigenvalue weighted by atomic mass is 32.2. The molecule has 176 valence electrons. The average Bonchev–Trinajstić information content (AvgIpc) is 3.09. The molecular weight excluding hydrogens is 452 g/mol. The molecule has 2 N–H and O–H groups in total. The fourth-order valence-corrected chi connectivity index (χ4v) is 5.44. The molecule has 0 fully saturated rings. The maximum absolute atomic E-state index is 13.0. The monoisotopic (exact) mass is 478 g/mol. The van der Waals surface area contributed by atoms with Gasteiger partial charge in [-0.05, 0) is 46.4 Å². The maximum atomic E-state index is 13.0. The number of sulfonamides is 1. The molecule has 1 atom stereocenters. The normalized spacial score (nSPS) is 14.2. The second-order valence-corrected chi connectivity index (χ2v) is 10.5. The van der Waals surface area contributed by atoms with Gasteiger partial charge in [0.15, 0.2) is 0 Å². The minimum atomic E-state index is -3.56. The van der Waals surface area contributed by atoms with E-state index in [1.807, 2.05) is 18.2 Å². The smallest absolute Gasteiger partial charge is 0.326 e. The number of anilines is 1. The van der Waals surface area contributed by atoms with Crippen molar-refractivity contribution in [3.05, 3.63) is 89.5 Å². The highest BCUT2D eigenvalue weighted by Gasteiger charge is 2.38. The van der Waals surface area contributed by atoms with E-state index in [1.165, 1.54) is 4.90 Å². The molecule has 0 bridgehead atoms. The van der Waals surface area contributed by atoms with Crippen LogP contribution in [-0.2, 0) is 27.1 Å². The van der Waals surface area contributed by atoms with E-state index in [1.54, 1.807) is 68.4 Å². The fraction of sp³-hybridized carbons (Fsp3) is 0.231. The van der Waals surface area contributed by atoms with Crippen LogP contribution >= 0.6 is 0 Å². The van der Waals surface area contributed by atoms with Crippen LogP contribution in [-0.4, -0.2) is 36.3 Å². The minimum Gasteiger partial charge on any atom is -0.480 e. The lowest BCUT2D eigenvalue weighted by atomic mass is 10.0. The number of carbonyl (C=O) groups is 2. The number of benzene rings is 3. The van der Waals surface area contributed by atoms with Crippen LogP contribution in [0.2, 0.25) is 0 Å². The summed E-state index contributed by atoms with van der Waals surface area (Å²) in [5, 5.41) is 9.58. The summed E-state index contributed by atoms with van der Waals surface area (Å²) in [5.74, 6) is -1.63. The van der Waals surface area contributed by atoms with Gasteiger partial charge in [0.25, 0.3) is 5.91 Å². The number of amides is 1. The lowest BCUT2D eigenvalue weighted by molar-refractivity contribution is -0.144. The number of fused-ring (bicyclic) bond motifs is 1. The Labute approximate surface area is 199 Å². The summed E-state index contributed by atoms with van der Waals surface area (Å²) in [6.45, 7) is 3.85. The van der Waals surface area contributed by atoms with Crippen molar-refractivity contribution >= 4 is 27.6 Å². The summed E-state index contributed by atoms with van der Waals surface area (Å²) in [6, 6.07) is 20.5. The third-order valence-corrected chi connectivity index (χ3v) is 7.11. The van der Waals surface area contributed by atoms with Gasteiger partial charge in [0.2, 0.25) is 10.0 Å². The molecule has 8 heteroatoms. The first-order valence-electron chi connectivity index (χ1n) is 11.0. The van der Waals surface area contributed by atoms with Crippen molar-refractivity contribution in [1.29, 1.82) is 0 Å². The molecule has 1 amide bonds. The minimum absolute atomic E-state index is 0.118. The second kappa shape index (κ2) is 9.30. The number of carboxylic acids is 1. The first kappa shape index (κ1) is 23.5. The summed E-state index contributed by atoms with van der Waals surface area (Å²) in [5.41, 5.74) is 4.06. The number of hydrogen-bond donors (Lipinski definition) is 2. The number of hydrogen-bond acceptors (Lipinski definition) is 4. The van der Waals surface area contributed by atoms with Crippen molar-refractivity contribution in [2.45, 2.75) is 32.2 Å². The Morgan fingerprint density at radius 2 is 1.65 bits per heavy atom. The second-order valence-electron chi connectivity index (χ2n) is 8.76. The lowest BCUT2D eigenvalue weighted by Crippen LogP contribution is -2.44. The fourth-order valence-electron chi connectivity index (χ4n) is 4.25. The molecule has 3 aromatic carbocycles. The Kier molecular flexibility index (Phi) is 6.43.